The van der Waals surface area contributed by atoms with Crippen molar-refractivity contribution in [1.82, 2.24) is 0 Å². The van der Waals surface area contributed by atoms with Gasteiger partial charge in [0.2, 0.25) is 0 Å². The van der Waals surface area contributed by atoms with Gasteiger partial charge in [0.25, 0.3) is 5.91 Å². The number of halogens is 1. The molecule has 2 aromatic rings. The van der Waals surface area contributed by atoms with Gasteiger partial charge in [-0.15, -0.1) is 0 Å². The highest BCUT2D eigenvalue weighted by molar-refractivity contribution is 6.32. The van der Waals surface area contributed by atoms with E-state index in [1.807, 2.05) is 24.3 Å². The number of benzene rings is 2. The summed E-state index contributed by atoms with van der Waals surface area (Å²) in [6.45, 7) is 3.92. The summed E-state index contributed by atoms with van der Waals surface area (Å²) >= 11 is 6.06. The van der Waals surface area contributed by atoms with Gasteiger partial charge in [0.15, 0.2) is 6.10 Å². The zero-order valence-electron chi connectivity index (χ0n) is 14.4. The van der Waals surface area contributed by atoms with Gasteiger partial charge in [-0.05, 0) is 62.6 Å². The lowest BCUT2D eigenvalue weighted by atomic mass is 10.1. The molecule has 2 aromatic carbocycles. The second-order valence-electron chi connectivity index (χ2n) is 6.27. The quantitative estimate of drug-likeness (QED) is 0.839. The van der Waals surface area contributed by atoms with Crippen molar-refractivity contribution in [3.8, 4) is 5.75 Å². The third-order valence-electron chi connectivity index (χ3n) is 4.37. The molecule has 25 heavy (non-hydrogen) atoms. The Morgan fingerprint density at radius 3 is 2.44 bits per heavy atom. The van der Waals surface area contributed by atoms with Crippen molar-refractivity contribution in [1.29, 1.82) is 0 Å². The van der Waals surface area contributed by atoms with Crippen molar-refractivity contribution < 1.29 is 9.53 Å². The number of rotatable bonds is 5. The normalized spacial score (nSPS) is 15.5. The summed E-state index contributed by atoms with van der Waals surface area (Å²) in [5.74, 6) is 0.304. The Hall–Kier alpha value is -2.20. The van der Waals surface area contributed by atoms with Crippen molar-refractivity contribution in [3.05, 3.63) is 53.6 Å². The number of para-hydroxylation sites is 1. The minimum absolute atomic E-state index is 0.203. The number of carbonyl (C=O) groups excluding carboxylic acids is 1. The zero-order chi connectivity index (χ0) is 17.6. The van der Waals surface area contributed by atoms with Gasteiger partial charge in [0, 0.05) is 24.5 Å². The standard InChI is InChI=1S/C20H23ClN2O2/c1-15(25-19-8-4-3-7-18(19)21)20(24)22-16-9-11-17(12-10-16)23-13-5-2-6-14-23/h3-4,7-12,15H,2,5-6,13-14H2,1H3,(H,22,24)/t15-/m1/s1. The van der Waals surface area contributed by atoms with E-state index in [-0.39, 0.29) is 5.91 Å². The minimum Gasteiger partial charge on any atom is -0.479 e. The fourth-order valence-electron chi connectivity index (χ4n) is 2.94. The van der Waals surface area contributed by atoms with E-state index in [1.54, 1.807) is 19.1 Å². The lowest BCUT2D eigenvalue weighted by molar-refractivity contribution is -0.122. The molecule has 0 spiro atoms. The predicted octanol–water partition coefficient (Wildman–Crippen LogP) is 4.74. The Bertz CT molecular complexity index is 712. The molecule has 4 nitrogen and oxygen atoms in total. The first-order chi connectivity index (χ1) is 12.1. The van der Waals surface area contributed by atoms with Crippen LogP contribution in [-0.2, 0) is 4.79 Å². The van der Waals surface area contributed by atoms with Crippen molar-refractivity contribution >= 4 is 28.9 Å². The van der Waals surface area contributed by atoms with Crippen LogP contribution in [0.4, 0.5) is 11.4 Å². The highest BCUT2D eigenvalue weighted by Gasteiger charge is 2.16. The Labute approximate surface area is 153 Å². The first-order valence-electron chi connectivity index (χ1n) is 8.70. The fourth-order valence-corrected chi connectivity index (χ4v) is 3.12. The second kappa shape index (κ2) is 8.26. The maximum atomic E-state index is 12.3. The SMILES string of the molecule is C[C@@H](Oc1ccccc1Cl)C(=O)Nc1ccc(N2CCCCC2)cc1. The predicted molar refractivity (Wildman–Crippen MR) is 103 cm³/mol. The van der Waals surface area contributed by atoms with Gasteiger partial charge in [-0.2, -0.15) is 0 Å². The molecule has 1 N–H and O–H groups in total. The van der Waals surface area contributed by atoms with E-state index in [9.17, 15) is 4.79 Å². The number of carbonyl (C=O) groups is 1. The summed E-state index contributed by atoms with van der Waals surface area (Å²) in [5, 5.41) is 3.38. The van der Waals surface area contributed by atoms with E-state index < -0.39 is 6.10 Å². The van der Waals surface area contributed by atoms with Gasteiger partial charge >= 0.3 is 0 Å². The molecule has 0 saturated carbocycles. The first-order valence-corrected chi connectivity index (χ1v) is 9.08. The maximum absolute atomic E-state index is 12.3. The zero-order valence-corrected chi connectivity index (χ0v) is 15.1. The monoisotopic (exact) mass is 358 g/mol. The molecular weight excluding hydrogens is 336 g/mol. The molecular formula is C20H23ClN2O2. The van der Waals surface area contributed by atoms with E-state index >= 15 is 0 Å². The van der Waals surface area contributed by atoms with Crippen molar-refractivity contribution in [2.24, 2.45) is 0 Å². The van der Waals surface area contributed by atoms with Crippen LogP contribution in [-0.4, -0.2) is 25.1 Å². The molecule has 0 bridgehead atoms. The van der Waals surface area contributed by atoms with Gasteiger partial charge in [-0.1, -0.05) is 23.7 Å². The van der Waals surface area contributed by atoms with Gasteiger partial charge in [-0.25, -0.2) is 0 Å². The number of nitrogens with one attached hydrogen (secondary N) is 1. The average molecular weight is 359 g/mol. The van der Waals surface area contributed by atoms with Crippen LogP contribution in [0.15, 0.2) is 48.5 Å². The van der Waals surface area contributed by atoms with E-state index in [4.69, 9.17) is 16.3 Å². The van der Waals surface area contributed by atoms with Gasteiger partial charge in [-0.3, -0.25) is 4.79 Å². The summed E-state index contributed by atoms with van der Waals surface area (Å²) in [7, 11) is 0. The molecule has 0 radical (unpaired) electrons. The van der Waals surface area contributed by atoms with E-state index in [2.05, 4.69) is 22.3 Å². The van der Waals surface area contributed by atoms with Gasteiger partial charge < -0.3 is 15.0 Å². The van der Waals surface area contributed by atoms with E-state index in [1.165, 1.54) is 24.9 Å². The molecule has 1 fully saturated rings. The molecule has 132 valence electrons. The van der Waals surface area contributed by atoms with Crippen LogP contribution >= 0.6 is 11.6 Å². The number of amides is 1. The molecule has 1 heterocycles. The van der Waals surface area contributed by atoms with Crippen molar-refractivity contribution in [2.75, 3.05) is 23.3 Å². The topological polar surface area (TPSA) is 41.6 Å². The highest BCUT2D eigenvalue weighted by Crippen LogP contribution is 2.25. The fraction of sp³-hybridized carbons (Fsp3) is 0.350. The highest BCUT2D eigenvalue weighted by atomic mass is 35.5. The molecule has 3 rings (SSSR count). The lowest BCUT2D eigenvalue weighted by Crippen LogP contribution is -2.30. The first kappa shape index (κ1) is 17.6. The Kier molecular flexibility index (Phi) is 5.82. The largest absolute Gasteiger partial charge is 0.479 e. The number of ether oxygens (including phenoxy) is 1. The van der Waals surface area contributed by atoms with Crippen LogP contribution in [0.1, 0.15) is 26.2 Å². The number of piperidine rings is 1. The van der Waals surface area contributed by atoms with Crippen molar-refractivity contribution in [3.63, 3.8) is 0 Å². The summed E-state index contributed by atoms with van der Waals surface area (Å²) in [6, 6.07) is 15.1. The minimum atomic E-state index is -0.637. The third-order valence-corrected chi connectivity index (χ3v) is 4.68. The number of hydrogen-bond donors (Lipinski definition) is 1. The summed E-state index contributed by atoms with van der Waals surface area (Å²) in [5.41, 5.74) is 1.97. The molecule has 0 aliphatic carbocycles. The van der Waals surface area contributed by atoms with Crippen LogP contribution in [0.5, 0.6) is 5.75 Å². The molecule has 1 atom stereocenters. The Morgan fingerprint density at radius 1 is 1.08 bits per heavy atom. The number of nitrogens with zero attached hydrogens (tertiary/aromatic N) is 1. The number of anilines is 2. The molecule has 0 unspecified atom stereocenters. The second-order valence-corrected chi connectivity index (χ2v) is 6.68. The molecule has 5 heteroatoms. The lowest BCUT2D eigenvalue weighted by Gasteiger charge is -2.28. The van der Waals surface area contributed by atoms with Gasteiger partial charge in [0.05, 0.1) is 5.02 Å². The molecule has 0 aromatic heterocycles. The third kappa shape index (κ3) is 4.67. The van der Waals surface area contributed by atoms with Crippen LogP contribution in [0.3, 0.4) is 0 Å². The Morgan fingerprint density at radius 2 is 1.76 bits per heavy atom. The summed E-state index contributed by atoms with van der Waals surface area (Å²) in [6.07, 6.45) is 3.17. The Balaban J connectivity index is 1.57. The van der Waals surface area contributed by atoms with Gasteiger partial charge in [0.1, 0.15) is 5.75 Å². The summed E-state index contributed by atoms with van der Waals surface area (Å²) in [4.78, 5) is 14.7. The van der Waals surface area contributed by atoms with E-state index in [0.717, 1.165) is 18.8 Å². The molecule has 1 saturated heterocycles. The van der Waals surface area contributed by atoms with Crippen LogP contribution < -0.4 is 15.0 Å². The van der Waals surface area contributed by atoms with Crippen LogP contribution in [0.2, 0.25) is 5.02 Å². The van der Waals surface area contributed by atoms with Crippen LogP contribution in [0, 0.1) is 0 Å². The molecule has 1 aliphatic rings. The molecule has 1 aliphatic heterocycles. The van der Waals surface area contributed by atoms with E-state index in [0.29, 0.717) is 10.8 Å². The summed E-state index contributed by atoms with van der Waals surface area (Å²) < 4.78 is 5.65. The maximum Gasteiger partial charge on any atom is 0.265 e. The average Bonchev–Trinajstić information content (AvgIpc) is 2.65. The van der Waals surface area contributed by atoms with Crippen LogP contribution in [0.25, 0.3) is 0 Å². The smallest absolute Gasteiger partial charge is 0.265 e. The molecule has 1 amide bonds. The van der Waals surface area contributed by atoms with Crippen molar-refractivity contribution in [2.45, 2.75) is 32.3 Å². The number of hydrogen-bond acceptors (Lipinski definition) is 3.